The Bertz CT molecular complexity index is 471. The number of carbonyl (C=O) groups is 1. The number of benzene rings is 1. The van der Waals surface area contributed by atoms with Crippen LogP contribution in [0, 0.1) is 17.8 Å². The second-order valence-corrected chi connectivity index (χ2v) is 5.77. The highest BCUT2D eigenvalue weighted by molar-refractivity contribution is 5.95. The molecule has 2 aliphatic rings. The molecule has 2 aliphatic carbocycles. The van der Waals surface area contributed by atoms with Gasteiger partial charge in [0.2, 0.25) is 5.91 Å². The number of fused-ring (bicyclic) bond motifs is 2. The second kappa shape index (κ2) is 4.30. The first-order chi connectivity index (χ1) is 8.65. The SMILES string of the molecule is CN(C(=O)C1CC2CCC1C2)c1cccc(N)c1. The van der Waals surface area contributed by atoms with Crippen molar-refractivity contribution in [1.82, 2.24) is 0 Å². The van der Waals surface area contributed by atoms with Crippen LogP contribution < -0.4 is 10.6 Å². The molecule has 1 aromatic carbocycles. The molecular formula is C15H20N2O. The van der Waals surface area contributed by atoms with E-state index in [0.717, 1.165) is 18.0 Å². The summed E-state index contributed by atoms with van der Waals surface area (Å²) in [5, 5.41) is 0. The first-order valence-corrected chi connectivity index (χ1v) is 6.78. The van der Waals surface area contributed by atoms with Crippen LogP contribution in [0.4, 0.5) is 11.4 Å². The molecule has 18 heavy (non-hydrogen) atoms. The van der Waals surface area contributed by atoms with E-state index in [-0.39, 0.29) is 11.8 Å². The Kier molecular flexibility index (Phi) is 2.77. The van der Waals surface area contributed by atoms with Gasteiger partial charge in [0.15, 0.2) is 0 Å². The summed E-state index contributed by atoms with van der Waals surface area (Å²) in [6, 6.07) is 7.56. The summed E-state index contributed by atoms with van der Waals surface area (Å²) in [7, 11) is 1.86. The first kappa shape index (κ1) is 11.6. The molecule has 2 fully saturated rings. The molecule has 3 unspecified atom stereocenters. The van der Waals surface area contributed by atoms with Gasteiger partial charge in [-0.15, -0.1) is 0 Å². The predicted molar refractivity (Wildman–Crippen MR) is 73.2 cm³/mol. The largest absolute Gasteiger partial charge is 0.399 e. The molecule has 0 aromatic heterocycles. The summed E-state index contributed by atoms with van der Waals surface area (Å²) in [6.07, 6.45) is 4.93. The summed E-state index contributed by atoms with van der Waals surface area (Å²) in [5.41, 5.74) is 7.39. The fourth-order valence-electron chi connectivity index (χ4n) is 3.66. The van der Waals surface area contributed by atoms with Crippen LogP contribution in [0.2, 0.25) is 0 Å². The van der Waals surface area contributed by atoms with Crippen molar-refractivity contribution < 1.29 is 4.79 Å². The van der Waals surface area contributed by atoms with Gasteiger partial charge >= 0.3 is 0 Å². The number of amides is 1. The van der Waals surface area contributed by atoms with Crippen LogP contribution in [0.3, 0.4) is 0 Å². The first-order valence-electron chi connectivity index (χ1n) is 6.78. The summed E-state index contributed by atoms with van der Waals surface area (Å²) >= 11 is 0. The Labute approximate surface area is 108 Å². The molecule has 0 aliphatic heterocycles. The minimum atomic E-state index is 0.246. The molecule has 0 spiro atoms. The molecule has 3 heteroatoms. The molecule has 1 amide bonds. The molecule has 3 rings (SSSR count). The quantitative estimate of drug-likeness (QED) is 0.813. The van der Waals surface area contributed by atoms with Crippen molar-refractivity contribution >= 4 is 17.3 Å². The van der Waals surface area contributed by atoms with Crippen LogP contribution in [0.25, 0.3) is 0 Å². The third-order valence-electron chi connectivity index (χ3n) is 4.64. The fourth-order valence-corrected chi connectivity index (χ4v) is 3.66. The molecule has 3 nitrogen and oxygen atoms in total. The van der Waals surface area contributed by atoms with Gasteiger partial charge in [0.05, 0.1) is 0 Å². The molecule has 0 radical (unpaired) electrons. The zero-order valence-corrected chi connectivity index (χ0v) is 10.8. The van der Waals surface area contributed by atoms with E-state index < -0.39 is 0 Å². The van der Waals surface area contributed by atoms with Crippen LogP contribution in [0.1, 0.15) is 25.7 Å². The average Bonchev–Trinajstić information content (AvgIpc) is 2.99. The molecule has 0 saturated heterocycles. The van der Waals surface area contributed by atoms with Crippen molar-refractivity contribution in [2.75, 3.05) is 17.7 Å². The Hall–Kier alpha value is -1.51. The van der Waals surface area contributed by atoms with Crippen molar-refractivity contribution in [1.29, 1.82) is 0 Å². The standard InChI is InChI=1S/C15H20N2O/c1-17(13-4-2-3-12(16)9-13)15(18)14-8-10-5-6-11(14)7-10/h2-4,9-11,14H,5-8,16H2,1H3. The van der Waals surface area contributed by atoms with E-state index in [0.29, 0.717) is 11.6 Å². The van der Waals surface area contributed by atoms with Crippen molar-refractivity contribution in [2.24, 2.45) is 17.8 Å². The maximum absolute atomic E-state index is 12.5. The zero-order chi connectivity index (χ0) is 12.7. The van der Waals surface area contributed by atoms with Gasteiger partial charge in [0, 0.05) is 24.3 Å². The van der Waals surface area contributed by atoms with Gasteiger partial charge in [0.1, 0.15) is 0 Å². The summed E-state index contributed by atoms with van der Waals surface area (Å²) < 4.78 is 0. The molecule has 2 N–H and O–H groups in total. The minimum Gasteiger partial charge on any atom is -0.399 e. The van der Waals surface area contributed by atoms with Gasteiger partial charge in [-0.1, -0.05) is 12.5 Å². The Balaban J connectivity index is 1.76. The van der Waals surface area contributed by atoms with E-state index in [1.165, 1.54) is 19.3 Å². The number of anilines is 2. The Morgan fingerprint density at radius 2 is 2.17 bits per heavy atom. The highest BCUT2D eigenvalue weighted by Gasteiger charge is 2.44. The normalized spacial score (nSPS) is 29.5. The molecule has 96 valence electrons. The van der Waals surface area contributed by atoms with E-state index in [9.17, 15) is 4.79 Å². The van der Waals surface area contributed by atoms with Gasteiger partial charge in [-0.3, -0.25) is 4.79 Å². The summed E-state index contributed by atoms with van der Waals surface area (Å²) in [5.74, 6) is 1.95. The highest BCUT2D eigenvalue weighted by atomic mass is 16.2. The number of rotatable bonds is 2. The van der Waals surface area contributed by atoms with Gasteiger partial charge < -0.3 is 10.6 Å². The van der Waals surface area contributed by atoms with Crippen molar-refractivity contribution in [3.05, 3.63) is 24.3 Å². The topological polar surface area (TPSA) is 46.3 Å². The smallest absolute Gasteiger partial charge is 0.230 e. The van der Waals surface area contributed by atoms with Gasteiger partial charge in [-0.05, 0) is 49.3 Å². The third kappa shape index (κ3) is 1.88. The van der Waals surface area contributed by atoms with E-state index >= 15 is 0 Å². The van der Waals surface area contributed by atoms with Crippen molar-refractivity contribution in [3.63, 3.8) is 0 Å². The van der Waals surface area contributed by atoms with E-state index in [4.69, 9.17) is 5.73 Å². The molecule has 2 bridgehead atoms. The molecular weight excluding hydrogens is 224 g/mol. The monoisotopic (exact) mass is 244 g/mol. The van der Waals surface area contributed by atoms with Crippen molar-refractivity contribution in [2.45, 2.75) is 25.7 Å². The molecule has 0 heterocycles. The Morgan fingerprint density at radius 3 is 2.78 bits per heavy atom. The average molecular weight is 244 g/mol. The zero-order valence-electron chi connectivity index (χ0n) is 10.8. The molecule has 3 atom stereocenters. The Morgan fingerprint density at radius 1 is 1.33 bits per heavy atom. The lowest BCUT2D eigenvalue weighted by Gasteiger charge is -2.26. The summed E-state index contributed by atoms with van der Waals surface area (Å²) in [4.78, 5) is 14.3. The van der Waals surface area contributed by atoms with E-state index in [1.807, 2.05) is 31.3 Å². The van der Waals surface area contributed by atoms with Gasteiger partial charge in [0.25, 0.3) is 0 Å². The highest BCUT2D eigenvalue weighted by Crippen LogP contribution is 2.49. The number of nitrogens with zero attached hydrogens (tertiary/aromatic N) is 1. The van der Waals surface area contributed by atoms with Crippen LogP contribution in [-0.4, -0.2) is 13.0 Å². The lowest BCUT2D eigenvalue weighted by Crippen LogP contribution is -2.35. The van der Waals surface area contributed by atoms with Crippen LogP contribution >= 0.6 is 0 Å². The number of hydrogen-bond acceptors (Lipinski definition) is 2. The van der Waals surface area contributed by atoms with Crippen LogP contribution in [0.5, 0.6) is 0 Å². The number of hydrogen-bond donors (Lipinski definition) is 1. The maximum atomic E-state index is 12.5. The third-order valence-corrected chi connectivity index (χ3v) is 4.64. The lowest BCUT2D eigenvalue weighted by molar-refractivity contribution is -0.123. The van der Waals surface area contributed by atoms with Gasteiger partial charge in [-0.2, -0.15) is 0 Å². The minimum absolute atomic E-state index is 0.246. The number of nitrogens with two attached hydrogens (primary N) is 1. The number of carbonyl (C=O) groups excluding carboxylic acids is 1. The van der Waals surface area contributed by atoms with E-state index in [1.54, 1.807) is 4.90 Å². The fraction of sp³-hybridized carbons (Fsp3) is 0.533. The summed E-state index contributed by atoms with van der Waals surface area (Å²) in [6.45, 7) is 0. The molecule has 1 aromatic rings. The molecule has 2 saturated carbocycles. The van der Waals surface area contributed by atoms with E-state index in [2.05, 4.69) is 0 Å². The lowest BCUT2D eigenvalue weighted by atomic mass is 9.88. The second-order valence-electron chi connectivity index (χ2n) is 5.77. The van der Waals surface area contributed by atoms with Crippen LogP contribution in [0.15, 0.2) is 24.3 Å². The van der Waals surface area contributed by atoms with Crippen LogP contribution in [-0.2, 0) is 4.79 Å². The maximum Gasteiger partial charge on any atom is 0.230 e. The number of nitrogen functional groups attached to an aromatic ring is 1. The van der Waals surface area contributed by atoms with Gasteiger partial charge in [-0.25, -0.2) is 0 Å². The predicted octanol–water partition coefficient (Wildman–Crippen LogP) is 2.67. The van der Waals surface area contributed by atoms with Crippen molar-refractivity contribution in [3.8, 4) is 0 Å².